The maximum atomic E-state index is 6.09. The van der Waals surface area contributed by atoms with E-state index in [9.17, 15) is 0 Å². The number of aromatic nitrogens is 2. The van der Waals surface area contributed by atoms with E-state index in [2.05, 4.69) is 16.4 Å². The molecule has 1 N–H and O–H groups in total. The molecule has 1 aromatic carbocycles. The van der Waals surface area contributed by atoms with Crippen molar-refractivity contribution in [3.63, 3.8) is 0 Å². The number of aryl methyl sites for hydroxylation is 1. The van der Waals surface area contributed by atoms with Crippen LogP contribution in [0.1, 0.15) is 18.4 Å². The Bertz CT molecular complexity index is 558. The van der Waals surface area contributed by atoms with Crippen molar-refractivity contribution in [1.82, 2.24) is 14.9 Å². The number of nitrogens with zero attached hydrogens (tertiary/aromatic N) is 2. The van der Waals surface area contributed by atoms with E-state index in [-0.39, 0.29) is 0 Å². The van der Waals surface area contributed by atoms with Crippen molar-refractivity contribution in [2.75, 3.05) is 0 Å². The van der Waals surface area contributed by atoms with Gasteiger partial charge in [-0.05, 0) is 36.6 Å². The first-order chi connectivity index (χ1) is 8.74. The third-order valence-corrected chi connectivity index (χ3v) is 3.52. The van der Waals surface area contributed by atoms with Crippen LogP contribution in [0, 0.1) is 0 Å². The normalized spacial score (nSPS) is 15.0. The largest absolute Gasteiger partial charge is 0.334 e. The van der Waals surface area contributed by atoms with Gasteiger partial charge in [-0.15, -0.1) is 0 Å². The fourth-order valence-electron chi connectivity index (χ4n) is 2.09. The van der Waals surface area contributed by atoms with Crippen LogP contribution >= 0.6 is 11.6 Å². The van der Waals surface area contributed by atoms with Crippen LogP contribution in [0.3, 0.4) is 0 Å². The second-order valence-electron chi connectivity index (χ2n) is 4.82. The third-order valence-electron chi connectivity index (χ3n) is 3.29. The Hall–Kier alpha value is -1.32. The van der Waals surface area contributed by atoms with Gasteiger partial charge in [-0.2, -0.15) is 0 Å². The van der Waals surface area contributed by atoms with Crippen LogP contribution in [0.2, 0.25) is 5.02 Å². The number of imidazole rings is 1. The Morgan fingerprint density at radius 1 is 1.44 bits per heavy atom. The number of hydrogen-bond acceptors (Lipinski definition) is 2. The van der Waals surface area contributed by atoms with Gasteiger partial charge in [0.25, 0.3) is 0 Å². The van der Waals surface area contributed by atoms with Gasteiger partial charge in [0.1, 0.15) is 5.82 Å². The van der Waals surface area contributed by atoms with Gasteiger partial charge >= 0.3 is 0 Å². The molecule has 0 atom stereocenters. The molecular formula is C14H16ClN3. The van der Waals surface area contributed by atoms with Crippen LogP contribution in [0.15, 0.2) is 30.6 Å². The molecule has 94 valence electrons. The fourth-order valence-corrected chi connectivity index (χ4v) is 2.29. The molecule has 1 aliphatic rings. The monoisotopic (exact) mass is 261 g/mol. The Morgan fingerprint density at radius 3 is 2.94 bits per heavy atom. The highest BCUT2D eigenvalue weighted by Gasteiger charge is 2.21. The number of hydrogen-bond donors (Lipinski definition) is 1. The van der Waals surface area contributed by atoms with E-state index >= 15 is 0 Å². The molecule has 18 heavy (non-hydrogen) atoms. The second-order valence-corrected chi connectivity index (χ2v) is 5.25. The van der Waals surface area contributed by atoms with E-state index in [4.69, 9.17) is 11.6 Å². The molecular weight excluding hydrogens is 246 g/mol. The van der Waals surface area contributed by atoms with Crippen molar-refractivity contribution >= 4 is 11.6 Å². The van der Waals surface area contributed by atoms with E-state index in [0.29, 0.717) is 6.04 Å². The molecule has 1 heterocycles. The first kappa shape index (κ1) is 11.8. The average Bonchev–Trinajstić information content (AvgIpc) is 3.09. The number of halogens is 1. The molecule has 0 radical (unpaired) electrons. The summed E-state index contributed by atoms with van der Waals surface area (Å²) < 4.78 is 2.03. The Labute approximate surface area is 112 Å². The molecule has 1 fully saturated rings. The summed E-state index contributed by atoms with van der Waals surface area (Å²) in [5.74, 6) is 0.985. The fraction of sp³-hybridized carbons (Fsp3) is 0.357. The summed E-state index contributed by atoms with van der Waals surface area (Å²) in [6.07, 6.45) is 6.36. The summed E-state index contributed by atoms with van der Waals surface area (Å²) in [6, 6.07) is 6.69. The van der Waals surface area contributed by atoms with E-state index < -0.39 is 0 Å². The van der Waals surface area contributed by atoms with Gasteiger partial charge in [-0.1, -0.05) is 11.6 Å². The third kappa shape index (κ3) is 2.42. The lowest BCUT2D eigenvalue weighted by Gasteiger charge is -2.11. The van der Waals surface area contributed by atoms with Crippen LogP contribution in [0.5, 0.6) is 0 Å². The van der Waals surface area contributed by atoms with Crippen molar-refractivity contribution in [3.05, 3.63) is 41.2 Å². The van der Waals surface area contributed by atoms with E-state index in [1.54, 1.807) is 0 Å². The van der Waals surface area contributed by atoms with Gasteiger partial charge in [-0.25, -0.2) is 4.98 Å². The predicted molar refractivity (Wildman–Crippen MR) is 73.5 cm³/mol. The molecule has 2 aromatic rings. The summed E-state index contributed by atoms with van der Waals surface area (Å²) in [4.78, 5) is 4.41. The highest BCUT2D eigenvalue weighted by molar-refractivity contribution is 6.30. The quantitative estimate of drug-likeness (QED) is 0.917. The van der Waals surface area contributed by atoms with Crippen LogP contribution in [0.25, 0.3) is 11.4 Å². The predicted octanol–water partition coefficient (Wildman–Crippen LogP) is 2.99. The van der Waals surface area contributed by atoms with Crippen molar-refractivity contribution in [1.29, 1.82) is 0 Å². The smallest absolute Gasteiger partial charge is 0.139 e. The van der Waals surface area contributed by atoms with Crippen molar-refractivity contribution in [2.24, 2.45) is 7.05 Å². The molecule has 0 spiro atoms. The van der Waals surface area contributed by atoms with Crippen molar-refractivity contribution in [3.8, 4) is 11.4 Å². The highest BCUT2D eigenvalue weighted by atomic mass is 35.5. The Balaban J connectivity index is 1.94. The Kier molecular flexibility index (Phi) is 3.10. The lowest BCUT2D eigenvalue weighted by atomic mass is 10.1. The van der Waals surface area contributed by atoms with Gasteiger partial charge in [0.2, 0.25) is 0 Å². The maximum Gasteiger partial charge on any atom is 0.139 e. The lowest BCUT2D eigenvalue weighted by molar-refractivity contribution is 0.688. The van der Waals surface area contributed by atoms with Crippen LogP contribution in [0.4, 0.5) is 0 Å². The number of rotatable bonds is 4. The number of nitrogens with one attached hydrogen (secondary N) is 1. The number of benzene rings is 1. The molecule has 3 nitrogen and oxygen atoms in total. The minimum absolute atomic E-state index is 0.693. The molecule has 4 heteroatoms. The molecule has 0 unspecified atom stereocenters. The molecule has 0 amide bonds. The minimum Gasteiger partial charge on any atom is -0.334 e. The van der Waals surface area contributed by atoms with Gasteiger partial charge in [0.15, 0.2) is 0 Å². The van der Waals surface area contributed by atoms with E-state index in [1.807, 2.05) is 36.1 Å². The summed E-state index contributed by atoms with van der Waals surface area (Å²) in [5.41, 5.74) is 2.36. The highest BCUT2D eigenvalue weighted by Crippen LogP contribution is 2.26. The molecule has 0 bridgehead atoms. The first-order valence-corrected chi connectivity index (χ1v) is 6.61. The molecule has 0 saturated heterocycles. The van der Waals surface area contributed by atoms with Crippen LogP contribution < -0.4 is 5.32 Å². The molecule has 0 aliphatic heterocycles. The molecule has 1 aromatic heterocycles. The summed E-state index contributed by atoms with van der Waals surface area (Å²) >= 11 is 6.09. The molecule has 3 rings (SSSR count). The standard InChI is InChI=1S/C14H16ClN3/c1-18-7-6-16-14(18)13-5-2-11(15)8-10(13)9-17-12-3-4-12/h2,5-8,12,17H,3-4,9H2,1H3. The van der Waals surface area contributed by atoms with Crippen molar-refractivity contribution < 1.29 is 0 Å². The maximum absolute atomic E-state index is 6.09. The van der Waals surface area contributed by atoms with E-state index in [1.165, 1.54) is 18.4 Å². The van der Waals surface area contributed by atoms with Crippen LogP contribution in [-0.4, -0.2) is 15.6 Å². The zero-order valence-electron chi connectivity index (χ0n) is 10.4. The lowest BCUT2D eigenvalue weighted by Crippen LogP contribution is -2.16. The average molecular weight is 262 g/mol. The topological polar surface area (TPSA) is 29.9 Å². The zero-order chi connectivity index (χ0) is 12.5. The van der Waals surface area contributed by atoms with E-state index in [0.717, 1.165) is 23.0 Å². The summed E-state index contributed by atoms with van der Waals surface area (Å²) in [5, 5.41) is 4.30. The van der Waals surface area contributed by atoms with Gasteiger partial charge in [0, 0.05) is 42.6 Å². The zero-order valence-corrected chi connectivity index (χ0v) is 11.1. The SMILES string of the molecule is Cn1ccnc1-c1ccc(Cl)cc1CNC1CC1. The minimum atomic E-state index is 0.693. The molecule has 1 saturated carbocycles. The Morgan fingerprint density at radius 2 is 2.28 bits per heavy atom. The summed E-state index contributed by atoms with van der Waals surface area (Å²) in [6.45, 7) is 0.855. The van der Waals surface area contributed by atoms with Gasteiger partial charge in [0.05, 0.1) is 0 Å². The van der Waals surface area contributed by atoms with Crippen LogP contribution in [-0.2, 0) is 13.6 Å². The van der Waals surface area contributed by atoms with Crippen molar-refractivity contribution in [2.45, 2.75) is 25.4 Å². The first-order valence-electron chi connectivity index (χ1n) is 6.23. The van der Waals surface area contributed by atoms with Gasteiger partial charge in [-0.3, -0.25) is 0 Å². The molecule has 1 aliphatic carbocycles. The van der Waals surface area contributed by atoms with Gasteiger partial charge < -0.3 is 9.88 Å². The second kappa shape index (κ2) is 4.75. The summed E-state index contributed by atoms with van der Waals surface area (Å²) in [7, 11) is 2.01.